The van der Waals surface area contributed by atoms with Crippen molar-refractivity contribution in [1.82, 2.24) is 0 Å². The molecule has 0 saturated carbocycles. The zero-order valence-electron chi connectivity index (χ0n) is 18.0. The van der Waals surface area contributed by atoms with Crippen LogP contribution in [0.3, 0.4) is 0 Å². The van der Waals surface area contributed by atoms with E-state index in [2.05, 4.69) is 10.0 Å². The molecule has 0 heterocycles. The van der Waals surface area contributed by atoms with Crippen molar-refractivity contribution in [2.45, 2.75) is 24.9 Å². The lowest BCUT2D eigenvalue weighted by Crippen LogP contribution is -2.22. The van der Waals surface area contributed by atoms with Gasteiger partial charge in [0.1, 0.15) is 5.75 Å². The molecule has 0 aliphatic carbocycles. The van der Waals surface area contributed by atoms with E-state index in [9.17, 15) is 26.4 Å². The highest BCUT2D eigenvalue weighted by atomic mass is 35.5. The largest absolute Gasteiger partial charge is 0.484 e. The summed E-state index contributed by atoms with van der Waals surface area (Å²) in [7, 11) is -3.86. The van der Waals surface area contributed by atoms with Gasteiger partial charge in [0.2, 0.25) is 0 Å². The Labute approximate surface area is 199 Å². The van der Waals surface area contributed by atoms with E-state index in [1.807, 2.05) is 19.9 Å². The van der Waals surface area contributed by atoms with Crippen molar-refractivity contribution in [3.05, 3.63) is 82.4 Å². The molecule has 0 aliphatic heterocycles. The number of anilines is 2. The summed E-state index contributed by atoms with van der Waals surface area (Å²) in [5, 5.41) is 2.02. The van der Waals surface area contributed by atoms with Gasteiger partial charge < -0.3 is 10.1 Å². The second-order valence-corrected chi connectivity index (χ2v) is 9.60. The van der Waals surface area contributed by atoms with Crippen LogP contribution in [0.4, 0.5) is 24.5 Å². The van der Waals surface area contributed by atoms with Crippen molar-refractivity contribution >= 4 is 38.9 Å². The number of hydrogen-bond donors (Lipinski definition) is 2. The molecule has 0 bridgehead atoms. The molecule has 180 valence electrons. The van der Waals surface area contributed by atoms with E-state index < -0.39 is 40.0 Å². The molecule has 1 amide bonds. The van der Waals surface area contributed by atoms with E-state index in [0.29, 0.717) is 11.8 Å². The van der Waals surface area contributed by atoms with Crippen LogP contribution in [0, 0.1) is 13.8 Å². The molecule has 3 aromatic carbocycles. The van der Waals surface area contributed by atoms with Crippen LogP contribution < -0.4 is 14.8 Å². The molecule has 0 saturated heterocycles. The summed E-state index contributed by atoms with van der Waals surface area (Å²) in [6.45, 7) is 3.11. The second kappa shape index (κ2) is 9.94. The number of halogens is 4. The SMILES string of the molecule is Cc1cc(C)cc(NS(=O)(=O)c2ccc(OCC(=O)Nc3ccc(Cl)cc3C(F)(F)F)cc2)c1. The van der Waals surface area contributed by atoms with Gasteiger partial charge in [-0.15, -0.1) is 0 Å². The van der Waals surface area contributed by atoms with Crippen molar-refractivity contribution in [2.24, 2.45) is 0 Å². The predicted octanol–water partition coefficient (Wildman–Crippen LogP) is 5.79. The number of ether oxygens (including phenoxy) is 1. The third-order valence-corrected chi connectivity index (χ3v) is 6.17. The highest BCUT2D eigenvalue weighted by molar-refractivity contribution is 7.92. The molecule has 0 radical (unpaired) electrons. The average Bonchev–Trinajstić information content (AvgIpc) is 2.72. The van der Waals surface area contributed by atoms with Crippen LogP contribution in [0.2, 0.25) is 5.02 Å². The molecule has 0 fully saturated rings. The molecule has 3 rings (SSSR count). The number of alkyl halides is 3. The number of aryl methyl sites for hydroxylation is 2. The smallest absolute Gasteiger partial charge is 0.418 e. The molecule has 6 nitrogen and oxygen atoms in total. The lowest BCUT2D eigenvalue weighted by Gasteiger charge is -2.14. The predicted molar refractivity (Wildman–Crippen MR) is 124 cm³/mol. The summed E-state index contributed by atoms with van der Waals surface area (Å²) >= 11 is 5.62. The standard InChI is InChI=1S/C23H20ClF3N2O4S/c1-14-9-15(2)11-17(10-14)29-34(31,32)19-6-4-18(5-7-19)33-13-22(30)28-21-8-3-16(24)12-20(21)23(25,26)27/h3-12,29H,13H2,1-2H3,(H,28,30). The van der Waals surface area contributed by atoms with Gasteiger partial charge in [-0.2, -0.15) is 13.2 Å². The molecule has 11 heteroatoms. The molecule has 0 spiro atoms. The fourth-order valence-electron chi connectivity index (χ4n) is 3.16. The fraction of sp³-hybridized carbons (Fsp3) is 0.174. The minimum absolute atomic E-state index is 0.0283. The molecule has 0 atom stereocenters. The van der Waals surface area contributed by atoms with Crippen molar-refractivity contribution in [3.8, 4) is 5.75 Å². The molecule has 0 aromatic heterocycles. The van der Waals surface area contributed by atoms with E-state index in [-0.39, 0.29) is 15.7 Å². The Morgan fingerprint density at radius 3 is 2.18 bits per heavy atom. The van der Waals surface area contributed by atoms with Crippen LogP contribution in [0.1, 0.15) is 16.7 Å². The van der Waals surface area contributed by atoms with Gasteiger partial charge in [0, 0.05) is 10.7 Å². The summed E-state index contributed by atoms with van der Waals surface area (Å²) in [5.41, 5.74) is 0.694. The van der Waals surface area contributed by atoms with Gasteiger partial charge in [-0.1, -0.05) is 17.7 Å². The number of carbonyl (C=O) groups is 1. The van der Waals surface area contributed by atoms with E-state index >= 15 is 0 Å². The molecule has 2 N–H and O–H groups in total. The van der Waals surface area contributed by atoms with Crippen molar-refractivity contribution in [2.75, 3.05) is 16.6 Å². The van der Waals surface area contributed by atoms with Crippen LogP contribution in [0.25, 0.3) is 0 Å². The van der Waals surface area contributed by atoms with E-state index in [4.69, 9.17) is 16.3 Å². The normalized spacial score (nSPS) is 11.7. The van der Waals surface area contributed by atoms with Gasteiger partial charge >= 0.3 is 6.18 Å². The maximum atomic E-state index is 13.1. The maximum absolute atomic E-state index is 13.1. The zero-order chi connectivity index (χ0) is 25.1. The molecule has 34 heavy (non-hydrogen) atoms. The van der Waals surface area contributed by atoms with Gasteiger partial charge in [-0.3, -0.25) is 9.52 Å². The first-order valence-electron chi connectivity index (χ1n) is 9.84. The Hall–Kier alpha value is -3.24. The average molecular weight is 513 g/mol. The van der Waals surface area contributed by atoms with E-state index in [1.165, 1.54) is 30.3 Å². The number of amides is 1. The monoisotopic (exact) mass is 512 g/mol. The summed E-state index contributed by atoms with van der Waals surface area (Å²) in [5.74, 6) is -0.673. The number of benzene rings is 3. The molecule has 0 aliphatic rings. The van der Waals surface area contributed by atoms with Gasteiger partial charge in [0.15, 0.2) is 6.61 Å². The van der Waals surface area contributed by atoms with Crippen molar-refractivity contribution < 1.29 is 31.1 Å². The summed E-state index contributed by atoms with van der Waals surface area (Å²) in [6, 6.07) is 13.6. The lowest BCUT2D eigenvalue weighted by molar-refractivity contribution is -0.137. The molecule has 3 aromatic rings. The molecule has 0 unspecified atom stereocenters. The number of nitrogens with one attached hydrogen (secondary N) is 2. The Kier molecular flexibility index (Phi) is 7.42. The lowest BCUT2D eigenvalue weighted by atomic mass is 10.1. The van der Waals surface area contributed by atoms with Crippen LogP contribution in [0.5, 0.6) is 5.75 Å². The summed E-state index contributed by atoms with van der Waals surface area (Å²) in [6.07, 6.45) is -4.71. The van der Waals surface area contributed by atoms with Crippen molar-refractivity contribution in [1.29, 1.82) is 0 Å². The number of carbonyl (C=O) groups excluding carboxylic acids is 1. The first-order chi connectivity index (χ1) is 15.8. The Morgan fingerprint density at radius 1 is 0.971 bits per heavy atom. The highest BCUT2D eigenvalue weighted by Crippen LogP contribution is 2.36. The topological polar surface area (TPSA) is 84.5 Å². The van der Waals surface area contributed by atoms with Crippen molar-refractivity contribution in [3.63, 3.8) is 0 Å². The van der Waals surface area contributed by atoms with Crippen LogP contribution >= 0.6 is 11.6 Å². The van der Waals surface area contributed by atoms with Gasteiger partial charge in [-0.25, -0.2) is 8.42 Å². The van der Waals surface area contributed by atoms with Crippen LogP contribution in [0.15, 0.2) is 65.6 Å². The van der Waals surface area contributed by atoms with E-state index in [1.54, 1.807) is 12.1 Å². The molecular weight excluding hydrogens is 493 g/mol. The number of rotatable bonds is 7. The quantitative estimate of drug-likeness (QED) is 0.419. The minimum Gasteiger partial charge on any atom is -0.484 e. The number of sulfonamides is 1. The van der Waals surface area contributed by atoms with E-state index in [0.717, 1.165) is 17.2 Å². The van der Waals surface area contributed by atoms with Gasteiger partial charge in [-0.05, 0) is 79.6 Å². The van der Waals surface area contributed by atoms with Gasteiger partial charge in [0.25, 0.3) is 15.9 Å². The third kappa shape index (κ3) is 6.64. The number of hydrogen-bond acceptors (Lipinski definition) is 4. The summed E-state index contributed by atoms with van der Waals surface area (Å²) < 4.78 is 72.5. The minimum atomic E-state index is -4.71. The highest BCUT2D eigenvalue weighted by Gasteiger charge is 2.34. The van der Waals surface area contributed by atoms with Crippen LogP contribution in [-0.4, -0.2) is 20.9 Å². The first kappa shape index (κ1) is 25.4. The Bertz CT molecular complexity index is 1290. The Morgan fingerprint density at radius 2 is 1.59 bits per heavy atom. The third-order valence-electron chi connectivity index (χ3n) is 4.54. The summed E-state index contributed by atoms with van der Waals surface area (Å²) in [4.78, 5) is 12.1. The van der Waals surface area contributed by atoms with Crippen LogP contribution in [-0.2, 0) is 21.0 Å². The fourth-order valence-corrected chi connectivity index (χ4v) is 4.37. The Balaban J connectivity index is 1.63. The molecular formula is C23H20ClF3N2O4S. The maximum Gasteiger partial charge on any atom is 0.418 e. The zero-order valence-corrected chi connectivity index (χ0v) is 19.6. The van der Waals surface area contributed by atoms with Gasteiger partial charge in [0.05, 0.1) is 16.1 Å². The second-order valence-electron chi connectivity index (χ2n) is 7.48. The first-order valence-corrected chi connectivity index (χ1v) is 11.7.